The van der Waals surface area contributed by atoms with Gasteiger partial charge < -0.3 is 20.7 Å². The molecule has 0 saturated heterocycles. The number of nitrogens with two attached hydrogens (primary N) is 1. The summed E-state index contributed by atoms with van der Waals surface area (Å²) in [6, 6.07) is -0.224. The van der Waals surface area contributed by atoms with E-state index >= 15 is 0 Å². The molecule has 5 atom stereocenters. The van der Waals surface area contributed by atoms with Crippen molar-refractivity contribution in [3.63, 3.8) is 0 Å². The molecule has 4 N–H and O–H groups in total. The maximum Gasteiger partial charge on any atom is 0.0726 e. The maximum absolute atomic E-state index is 10.0. The van der Waals surface area contributed by atoms with Crippen LogP contribution in [0.5, 0.6) is 0 Å². The molecule has 1 aliphatic carbocycles. The van der Waals surface area contributed by atoms with Gasteiger partial charge in [-0.3, -0.25) is 0 Å². The van der Waals surface area contributed by atoms with Gasteiger partial charge in [-0.15, -0.1) is 0 Å². The van der Waals surface area contributed by atoms with Crippen molar-refractivity contribution in [2.24, 2.45) is 23.5 Å². The molecule has 4 nitrogen and oxygen atoms in total. The lowest BCUT2D eigenvalue weighted by Gasteiger charge is -2.42. The summed E-state index contributed by atoms with van der Waals surface area (Å²) < 4.78 is 5.09. The minimum atomic E-state index is -0.513. The van der Waals surface area contributed by atoms with Crippen molar-refractivity contribution in [2.45, 2.75) is 31.9 Å². The Morgan fingerprint density at radius 1 is 1.40 bits per heavy atom. The number of methoxy groups -OCH3 is 1. The van der Waals surface area contributed by atoms with E-state index in [1.54, 1.807) is 7.11 Å². The van der Waals surface area contributed by atoms with Gasteiger partial charge in [0.1, 0.15) is 0 Å². The standard InChI is InChI=1S/C11H23NO3/c1-3-9-7(5-13)4-8(6-15-2)10(12)11(9)14/h7-11,13-14H,3-6,12H2,1-2H3/t7?,8?,9-,10+,11-/m0/s1. The largest absolute Gasteiger partial charge is 0.396 e. The van der Waals surface area contributed by atoms with Crippen LogP contribution in [0.25, 0.3) is 0 Å². The fourth-order valence-electron chi connectivity index (χ4n) is 2.74. The van der Waals surface area contributed by atoms with E-state index in [0.717, 1.165) is 12.8 Å². The molecule has 1 rings (SSSR count). The zero-order valence-electron chi connectivity index (χ0n) is 9.60. The van der Waals surface area contributed by atoms with Gasteiger partial charge in [-0.25, -0.2) is 0 Å². The second-order valence-corrected chi connectivity index (χ2v) is 4.53. The number of hydrogen-bond donors (Lipinski definition) is 3. The highest BCUT2D eigenvalue weighted by Crippen LogP contribution is 2.35. The monoisotopic (exact) mass is 217 g/mol. The molecule has 4 heteroatoms. The minimum Gasteiger partial charge on any atom is -0.396 e. The third-order valence-corrected chi connectivity index (χ3v) is 3.68. The van der Waals surface area contributed by atoms with Gasteiger partial charge in [-0.1, -0.05) is 13.3 Å². The van der Waals surface area contributed by atoms with Crippen LogP contribution in [0.4, 0.5) is 0 Å². The first-order chi connectivity index (χ1) is 7.15. The van der Waals surface area contributed by atoms with Crippen LogP contribution in [0.2, 0.25) is 0 Å². The van der Waals surface area contributed by atoms with Crippen molar-refractivity contribution in [3.05, 3.63) is 0 Å². The summed E-state index contributed by atoms with van der Waals surface area (Å²) in [5.74, 6) is 0.438. The molecule has 0 spiro atoms. The molecule has 0 radical (unpaired) electrons. The number of aliphatic hydroxyl groups excluding tert-OH is 2. The topological polar surface area (TPSA) is 75.7 Å². The third kappa shape index (κ3) is 2.69. The van der Waals surface area contributed by atoms with E-state index in [9.17, 15) is 10.2 Å². The molecule has 0 aromatic carbocycles. The van der Waals surface area contributed by atoms with Crippen LogP contribution in [0.3, 0.4) is 0 Å². The summed E-state index contributed by atoms with van der Waals surface area (Å²) in [6.45, 7) is 2.72. The van der Waals surface area contributed by atoms with Crippen molar-refractivity contribution in [3.8, 4) is 0 Å². The molecule has 1 saturated carbocycles. The smallest absolute Gasteiger partial charge is 0.0726 e. The Labute approximate surface area is 91.4 Å². The molecular weight excluding hydrogens is 194 g/mol. The summed E-state index contributed by atoms with van der Waals surface area (Å²) in [7, 11) is 1.64. The van der Waals surface area contributed by atoms with Crippen LogP contribution in [0.15, 0.2) is 0 Å². The average molecular weight is 217 g/mol. The van der Waals surface area contributed by atoms with Gasteiger partial charge in [0.25, 0.3) is 0 Å². The Balaban J connectivity index is 2.68. The fourth-order valence-corrected chi connectivity index (χ4v) is 2.74. The van der Waals surface area contributed by atoms with Crippen LogP contribution in [-0.2, 0) is 4.74 Å². The predicted molar refractivity (Wildman–Crippen MR) is 58.3 cm³/mol. The van der Waals surface area contributed by atoms with Crippen molar-refractivity contribution in [1.29, 1.82) is 0 Å². The van der Waals surface area contributed by atoms with Crippen molar-refractivity contribution < 1.29 is 14.9 Å². The van der Waals surface area contributed by atoms with E-state index in [4.69, 9.17) is 10.5 Å². The van der Waals surface area contributed by atoms with Crippen LogP contribution in [-0.4, -0.2) is 42.7 Å². The molecule has 90 valence electrons. The second kappa shape index (κ2) is 5.80. The third-order valence-electron chi connectivity index (χ3n) is 3.68. The normalized spacial score (nSPS) is 41.8. The Morgan fingerprint density at radius 3 is 2.53 bits per heavy atom. The molecule has 15 heavy (non-hydrogen) atoms. The second-order valence-electron chi connectivity index (χ2n) is 4.53. The van der Waals surface area contributed by atoms with Crippen molar-refractivity contribution in [2.75, 3.05) is 20.3 Å². The Morgan fingerprint density at radius 2 is 2.07 bits per heavy atom. The molecule has 0 heterocycles. The van der Waals surface area contributed by atoms with Crippen LogP contribution < -0.4 is 5.73 Å². The van der Waals surface area contributed by atoms with E-state index in [0.29, 0.717) is 6.61 Å². The molecule has 0 aromatic rings. The van der Waals surface area contributed by atoms with Gasteiger partial charge in [-0.05, 0) is 18.3 Å². The van der Waals surface area contributed by atoms with Gasteiger partial charge in [-0.2, -0.15) is 0 Å². The predicted octanol–water partition coefficient (Wildman–Crippen LogP) is -0.0244. The number of aliphatic hydroxyl groups is 2. The number of ether oxygens (including phenoxy) is 1. The van der Waals surface area contributed by atoms with E-state index in [1.807, 2.05) is 6.92 Å². The van der Waals surface area contributed by atoms with Crippen LogP contribution in [0, 0.1) is 17.8 Å². The SMILES string of the molecule is CC[C@H]1C(CO)CC(COC)[C@@H](N)[C@H]1O. The number of rotatable bonds is 4. The highest BCUT2D eigenvalue weighted by Gasteiger charge is 2.40. The summed E-state index contributed by atoms with van der Waals surface area (Å²) in [5, 5.41) is 19.3. The maximum atomic E-state index is 10.0. The molecule has 2 unspecified atom stereocenters. The first-order valence-electron chi connectivity index (χ1n) is 5.69. The highest BCUT2D eigenvalue weighted by atomic mass is 16.5. The molecule has 0 bridgehead atoms. The lowest BCUT2D eigenvalue weighted by molar-refractivity contribution is -0.0464. The Hall–Kier alpha value is -0.160. The van der Waals surface area contributed by atoms with Gasteiger partial charge >= 0.3 is 0 Å². The Bertz CT molecular complexity index is 185. The molecule has 1 aliphatic rings. The highest BCUT2D eigenvalue weighted by molar-refractivity contribution is 4.93. The lowest BCUT2D eigenvalue weighted by Crippen LogP contribution is -2.54. The summed E-state index contributed by atoms with van der Waals surface area (Å²) in [4.78, 5) is 0. The quantitative estimate of drug-likeness (QED) is 0.618. The molecule has 0 aromatic heterocycles. The minimum absolute atomic E-state index is 0.123. The zero-order valence-corrected chi connectivity index (χ0v) is 9.60. The number of hydrogen-bond acceptors (Lipinski definition) is 4. The molecule has 1 fully saturated rings. The zero-order chi connectivity index (χ0) is 11.4. The average Bonchev–Trinajstić information content (AvgIpc) is 2.24. The molecule has 0 aliphatic heterocycles. The van der Waals surface area contributed by atoms with E-state index in [-0.39, 0.29) is 30.4 Å². The van der Waals surface area contributed by atoms with Crippen molar-refractivity contribution in [1.82, 2.24) is 0 Å². The molecular formula is C11H23NO3. The van der Waals surface area contributed by atoms with Gasteiger partial charge in [0, 0.05) is 25.7 Å². The van der Waals surface area contributed by atoms with Gasteiger partial charge in [0.15, 0.2) is 0 Å². The van der Waals surface area contributed by atoms with Gasteiger partial charge in [0.05, 0.1) is 12.7 Å². The van der Waals surface area contributed by atoms with E-state index < -0.39 is 6.10 Å². The first kappa shape index (κ1) is 12.9. The van der Waals surface area contributed by atoms with E-state index in [2.05, 4.69) is 0 Å². The lowest BCUT2D eigenvalue weighted by atomic mass is 9.69. The Kier molecular flexibility index (Phi) is 4.99. The van der Waals surface area contributed by atoms with E-state index in [1.165, 1.54) is 0 Å². The summed E-state index contributed by atoms with van der Waals surface area (Å²) in [5.41, 5.74) is 5.98. The van der Waals surface area contributed by atoms with Crippen LogP contribution >= 0.6 is 0 Å². The first-order valence-corrected chi connectivity index (χ1v) is 5.69. The molecule has 0 amide bonds. The van der Waals surface area contributed by atoms with Gasteiger partial charge in [0.2, 0.25) is 0 Å². The fraction of sp³-hybridized carbons (Fsp3) is 1.00. The van der Waals surface area contributed by atoms with Crippen LogP contribution in [0.1, 0.15) is 19.8 Å². The summed E-state index contributed by atoms with van der Waals surface area (Å²) in [6.07, 6.45) is 1.20. The van der Waals surface area contributed by atoms with Crippen molar-refractivity contribution >= 4 is 0 Å². The summed E-state index contributed by atoms with van der Waals surface area (Å²) >= 11 is 0.